The maximum absolute atomic E-state index is 11.4. The number of hydrogen-bond acceptors (Lipinski definition) is 3. The molecule has 19 heavy (non-hydrogen) atoms. The smallest absolute Gasteiger partial charge is 0.154 e. The second-order valence-electron chi connectivity index (χ2n) is 4.73. The van der Waals surface area contributed by atoms with Gasteiger partial charge in [0.1, 0.15) is 11.9 Å². The molecule has 1 saturated heterocycles. The van der Waals surface area contributed by atoms with Crippen LogP contribution in [0, 0.1) is 0 Å². The average Bonchev–Trinajstić information content (AvgIpc) is 3.00. The first-order valence-corrected chi connectivity index (χ1v) is 8.05. The minimum absolute atomic E-state index is 0.131. The van der Waals surface area contributed by atoms with Gasteiger partial charge in [0.05, 0.1) is 11.5 Å². The fourth-order valence-corrected chi connectivity index (χ4v) is 3.84. The number of sulfone groups is 1. The van der Waals surface area contributed by atoms with Crippen molar-refractivity contribution in [1.82, 2.24) is 4.57 Å². The number of aromatic nitrogens is 1. The van der Waals surface area contributed by atoms with Gasteiger partial charge < -0.3 is 9.30 Å². The average molecular weight is 277 g/mol. The molecule has 0 spiro atoms. The second-order valence-corrected chi connectivity index (χ2v) is 6.96. The van der Waals surface area contributed by atoms with Gasteiger partial charge in [-0.05, 0) is 42.8 Å². The van der Waals surface area contributed by atoms with Gasteiger partial charge in [-0.25, -0.2) is 8.42 Å². The van der Waals surface area contributed by atoms with E-state index in [1.807, 2.05) is 53.4 Å². The highest BCUT2D eigenvalue weighted by atomic mass is 32.2. The van der Waals surface area contributed by atoms with E-state index in [1.54, 1.807) is 0 Å². The van der Waals surface area contributed by atoms with Crippen molar-refractivity contribution in [2.24, 2.45) is 0 Å². The van der Waals surface area contributed by atoms with E-state index >= 15 is 0 Å². The number of ether oxygens (including phenoxy) is 1. The summed E-state index contributed by atoms with van der Waals surface area (Å²) in [5.74, 6) is 1.09. The molecule has 1 aliphatic rings. The van der Waals surface area contributed by atoms with E-state index in [1.165, 1.54) is 0 Å². The largest absolute Gasteiger partial charge is 0.489 e. The Balaban J connectivity index is 1.70. The van der Waals surface area contributed by atoms with E-state index in [-0.39, 0.29) is 17.6 Å². The Kier molecular flexibility index (Phi) is 3.06. The zero-order chi connectivity index (χ0) is 13.3. The molecule has 3 rings (SSSR count). The number of nitrogens with zero attached hydrogens (tertiary/aromatic N) is 1. The summed E-state index contributed by atoms with van der Waals surface area (Å²) >= 11 is 0. The van der Waals surface area contributed by atoms with Gasteiger partial charge in [0.15, 0.2) is 9.84 Å². The molecule has 5 heteroatoms. The van der Waals surface area contributed by atoms with Crippen molar-refractivity contribution in [2.75, 3.05) is 11.5 Å². The molecule has 1 aromatic carbocycles. The molecule has 1 unspecified atom stereocenters. The van der Waals surface area contributed by atoms with Crippen molar-refractivity contribution in [3.8, 4) is 11.4 Å². The lowest BCUT2D eigenvalue weighted by Crippen LogP contribution is -2.17. The molecule has 2 aromatic rings. The third-order valence-electron chi connectivity index (χ3n) is 3.23. The van der Waals surface area contributed by atoms with Crippen molar-refractivity contribution in [2.45, 2.75) is 12.5 Å². The van der Waals surface area contributed by atoms with E-state index in [9.17, 15) is 8.42 Å². The lowest BCUT2D eigenvalue weighted by Gasteiger charge is -2.12. The molecule has 100 valence electrons. The summed E-state index contributed by atoms with van der Waals surface area (Å²) in [7, 11) is -2.89. The van der Waals surface area contributed by atoms with Gasteiger partial charge in [-0.2, -0.15) is 0 Å². The summed E-state index contributed by atoms with van der Waals surface area (Å²) < 4.78 is 30.4. The molecule has 0 radical (unpaired) electrons. The zero-order valence-electron chi connectivity index (χ0n) is 10.4. The number of benzene rings is 1. The minimum atomic E-state index is -2.89. The van der Waals surface area contributed by atoms with Gasteiger partial charge in [-0.3, -0.25) is 0 Å². The molecule has 0 N–H and O–H groups in total. The number of hydrogen-bond donors (Lipinski definition) is 0. The molecule has 1 atom stereocenters. The fourth-order valence-electron chi connectivity index (χ4n) is 2.25. The van der Waals surface area contributed by atoms with Crippen LogP contribution in [0.4, 0.5) is 0 Å². The summed E-state index contributed by atoms with van der Waals surface area (Å²) in [6.45, 7) is 0. The van der Waals surface area contributed by atoms with Crippen LogP contribution in [0.15, 0.2) is 48.8 Å². The van der Waals surface area contributed by atoms with E-state index in [2.05, 4.69) is 0 Å². The lowest BCUT2D eigenvalue weighted by atomic mass is 10.3. The van der Waals surface area contributed by atoms with E-state index in [4.69, 9.17) is 4.74 Å². The van der Waals surface area contributed by atoms with Crippen LogP contribution in [-0.2, 0) is 9.84 Å². The molecule has 1 aromatic heterocycles. The van der Waals surface area contributed by atoms with E-state index in [0.717, 1.165) is 11.4 Å². The summed E-state index contributed by atoms with van der Waals surface area (Å²) in [5.41, 5.74) is 1.05. The van der Waals surface area contributed by atoms with Crippen LogP contribution in [0.2, 0.25) is 0 Å². The van der Waals surface area contributed by atoms with Crippen molar-refractivity contribution >= 4 is 9.84 Å². The Bertz CT molecular complexity index is 645. The SMILES string of the molecule is O=S1(=O)CCC(Oc2ccc(-n3cccc3)cc2)C1. The van der Waals surface area contributed by atoms with Crippen LogP contribution < -0.4 is 4.74 Å². The van der Waals surface area contributed by atoms with Crippen LogP contribution >= 0.6 is 0 Å². The molecular formula is C14H15NO3S. The highest BCUT2D eigenvalue weighted by Gasteiger charge is 2.29. The van der Waals surface area contributed by atoms with Crippen molar-refractivity contribution in [3.05, 3.63) is 48.8 Å². The third-order valence-corrected chi connectivity index (χ3v) is 4.97. The van der Waals surface area contributed by atoms with Crippen LogP contribution in [-0.4, -0.2) is 30.6 Å². The first-order chi connectivity index (χ1) is 9.12. The Morgan fingerprint density at radius 1 is 1.11 bits per heavy atom. The Morgan fingerprint density at radius 3 is 2.37 bits per heavy atom. The zero-order valence-corrected chi connectivity index (χ0v) is 11.2. The molecular weight excluding hydrogens is 262 g/mol. The van der Waals surface area contributed by atoms with Gasteiger partial charge in [0, 0.05) is 18.1 Å². The monoisotopic (exact) mass is 277 g/mol. The van der Waals surface area contributed by atoms with Gasteiger partial charge in [-0.15, -0.1) is 0 Å². The van der Waals surface area contributed by atoms with Crippen LogP contribution in [0.25, 0.3) is 5.69 Å². The highest BCUT2D eigenvalue weighted by molar-refractivity contribution is 7.91. The Hall–Kier alpha value is -1.75. The third kappa shape index (κ3) is 2.81. The van der Waals surface area contributed by atoms with Gasteiger partial charge in [-0.1, -0.05) is 0 Å². The maximum Gasteiger partial charge on any atom is 0.154 e. The Morgan fingerprint density at radius 2 is 1.79 bits per heavy atom. The topological polar surface area (TPSA) is 48.3 Å². The van der Waals surface area contributed by atoms with Gasteiger partial charge >= 0.3 is 0 Å². The molecule has 1 aliphatic heterocycles. The minimum Gasteiger partial charge on any atom is -0.489 e. The summed E-state index contributed by atoms with van der Waals surface area (Å²) in [4.78, 5) is 0. The van der Waals surface area contributed by atoms with Gasteiger partial charge in [0.25, 0.3) is 0 Å². The number of rotatable bonds is 3. The first kappa shape index (κ1) is 12.3. The summed E-state index contributed by atoms with van der Waals surface area (Å²) in [5, 5.41) is 0. The van der Waals surface area contributed by atoms with Crippen LogP contribution in [0.1, 0.15) is 6.42 Å². The maximum atomic E-state index is 11.4. The normalized spacial score (nSPS) is 21.4. The highest BCUT2D eigenvalue weighted by Crippen LogP contribution is 2.21. The molecule has 0 aliphatic carbocycles. The van der Waals surface area contributed by atoms with Crippen molar-refractivity contribution < 1.29 is 13.2 Å². The summed E-state index contributed by atoms with van der Waals surface area (Å²) in [6, 6.07) is 11.6. The fraction of sp³-hybridized carbons (Fsp3) is 0.286. The summed E-state index contributed by atoms with van der Waals surface area (Å²) in [6.07, 6.45) is 4.32. The second kappa shape index (κ2) is 4.74. The van der Waals surface area contributed by atoms with Crippen molar-refractivity contribution in [1.29, 1.82) is 0 Å². The van der Waals surface area contributed by atoms with E-state index in [0.29, 0.717) is 6.42 Å². The predicted molar refractivity (Wildman–Crippen MR) is 73.5 cm³/mol. The molecule has 0 bridgehead atoms. The molecule has 0 amide bonds. The molecule has 1 fully saturated rings. The first-order valence-electron chi connectivity index (χ1n) is 6.23. The Labute approximate surface area is 112 Å². The predicted octanol–water partition coefficient (Wildman–Crippen LogP) is 2.04. The quantitative estimate of drug-likeness (QED) is 0.862. The molecule has 0 saturated carbocycles. The van der Waals surface area contributed by atoms with Gasteiger partial charge in [0.2, 0.25) is 0 Å². The lowest BCUT2D eigenvalue weighted by molar-refractivity contribution is 0.229. The molecule has 4 nitrogen and oxygen atoms in total. The van der Waals surface area contributed by atoms with Crippen LogP contribution in [0.5, 0.6) is 5.75 Å². The van der Waals surface area contributed by atoms with Crippen molar-refractivity contribution in [3.63, 3.8) is 0 Å². The molecule has 2 heterocycles. The standard InChI is InChI=1S/C14H15NO3S/c16-19(17)10-7-14(11-19)18-13-5-3-12(4-6-13)15-8-1-2-9-15/h1-6,8-9,14H,7,10-11H2. The van der Waals surface area contributed by atoms with Crippen LogP contribution in [0.3, 0.4) is 0 Å². The van der Waals surface area contributed by atoms with E-state index < -0.39 is 9.84 Å².